The van der Waals surface area contributed by atoms with Crippen molar-refractivity contribution in [3.63, 3.8) is 0 Å². The van der Waals surface area contributed by atoms with Crippen LogP contribution in [0.25, 0.3) is 0 Å². The maximum Gasteiger partial charge on any atom is 0.328 e. The minimum atomic E-state index is -0.0587. The Hall–Kier alpha value is -1.69. The number of benzene rings is 1. The van der Waals surface area contributed by atoms with Gasteiger partial charge in [-0.1, -0.05) is 33.2 Å². The zero-order valence-electron chi connectivity index (χ0n) is 10.3. The molecule has 0 bridgehead atoms. The summed E-state index contributed by atoms with van der Waals surface area (Å²) in [5, 5.41) is 6.28. The van der Waals surface area contributed by atoms with Gasteiger partial charge in [0, 0.05) is 10.4 Å². The largest absolute Gasteiger partial charge is 0.328 e. The van der Waals surface area contributed by atoms with Crippen molar-refractivity contribution < 1.29 is 9.32 Å². The number of carbonyl (C=O) groups is 1. The zero-order chi connectivity index (χ0) is 13.4. The summed E-state index contributed by atoms with van der Waals surface area (Å²) in [6.45, 7) is 1.71. The number of aromatic nitrogens is 2. The molecule has 1 aromatic carbocycles. The standard InChI is InChI=1S/C13H12BrN3O2/c1-7-15-13(19-17-7)16-12(18)11-6-10(11)8-2-4-9(14)5-3-8/h2-5,10-11H,6H2,1H3,(H,15,16,17,18). The molecule has 0 saturated heterocycles. The molecule has 2 unspecified atom stereocenters. The second-order valence-electron chi connectivity index (χ2n) is 4.64. The van der Waals surface area contributed by atoms with Crippen LogP contribution in [0.4, 0.5) is 6.01 Å². The van der Waals surface area contributed by atoms with Crippen molar-refractivity contribution >= 4 is 27.9 Å². The van der Waals surface area contributed by atoms with Gasteiger partial charge in [0.1, 0.15) is 0 Å². The topological polar surface area (TPSA) is 68.0 Å². The van der Waals surface area contributed by atoms with Gasteiger partial charge in [0.15, 0.2) is 5.82 Å². The highest BCUT2D eigenvalue weighted by molar-refractivity contribution is 9.10. The highest BCUT2D eigenvalue weighted by Gasteiger charge is 2.44. The summed E-state index contributed by atoms with van der Waals surface area (Å²) in [5.74, 6) is 0.734. The molecule has 1 aromatic heterocycles. The summed E-state index contributed by atoms with van der Waals surface area (Å²) in [6.07, 6.45) is 0.862. The normalized spacial score (nSPS) is 21.2. The number of hydrogen-bond donors (Lipinski definition) is 1. The third kappa shape index (κ3) is 2.68. The van der Waals surface area contributed by atoms with Crippen LogP contribution in [0.1, 0.15) is 23.7 Å². The van der Waals surface area contributed by atoms with Gasteiger partial charge in [-0.3, -0.25) is 10.1 Å². The summed E-state index contributed by atoms with van der Waals surface area (Å²) >= 11 is 3.40. The van der Waals surface area contributed by atoms with Gasteiger partial charge < -0.3 is 4.52 Å². The Morgan fingerprint density at radius 1 is 1.42 bits per heavy atom. The van der Waals surface area contributed by atoms with Crippen molar-refractivity contribution in [2.75, 3.05) is 5.32 Å². The van der Waals surface area contributed by atoms with Crippen LogP contribution < -0.4 is 5.32 Å². The van der Waals surface area contributed by atoms with Crippen molar-refractivity contribution in [1.82, 2.24) is 10.1 Å². The molecule has 0 aliphatic heterocycles. The van der Waals surface area contributed by atoms with Crippen LogP contribution in [-0.2, 0) is 4.79 Å². The second kappa shape index (κ2) is 4.77. The Morgan fingerprint density at radius 3 is 2.79 bits per heavy atom. The van der Waals surface area contributed by atoms with Crippen molar-refractivity contribution in [1.29, 1.82) is 0 Å². The molecular formula is C13H12BrN3O2. The second-order valence-corrected chi connectivity index (χ2v) is 5.55. The first-order valence-electron chi connectivity index (χ1n) is 6.00. The average Bonchev–Trinajstić information content (AvgIpc) is 3.08. The van der Waals surface area contributed by atoms with Gasteiger partial charge in [-0.05, 0) is 37.0 Å². The lowest BCUT2D eigenvalue weighted by Gasteiger charge is -2.01. The molecule has 1 fully saturated rings. The van der Waals surface area contributed by atoms with Crippen molar-refractivity contribution in [3.05, 3.63) is 40.1 Å². The molecule has 0 spiro atoms. The Kier molecular flexibility index (Phi) is 3.10. The van der Waals surface area contributed by atoms with E-state index in [1.807, 2.05) is 24.3 Å². The summed E-state index contributed by atoms with van der Waals surface area (Å²) in [4.78, 5) is 15.9. The highest BCUT2D eigenvalue weighted by atomic mass is 79.9. The van der Waals surface area contributed by atoms with Crippen LogP contribution in [-0.4, -0.2) is 16.0 Å². The molecule has 1 saturated carbocycles. The third-order valence-electron chi connectivity index (χ3n) is 3.18. The maximum absolute atomic E-state index is 12.0. The van der Waals surface area contributed by atoms with E-state index in [4.69, 9.17) is 4.52 Å². The van der Waals surface area contributed by atoms with Gasteiger partial charge in [-0.25, -0.2) is 0 Å². The molecule has 1 aliphatic rings. The smallest absolute Gasteiger partial charge is 0.315 e. The van der Waals surface area contributed by atoms with Crippen LogP contribution in [0.3, 0.4) is 0 Å². The summed E-state index contributed by atoms with van der Waals surface area (Å²) < 4.78 is 5.91. The van der Waals surface area contributed by atoms with Crippen LogP contribution >= 0.6 is 15.9 Å². The number of nitrogens with zero attached hydrogens (tertiary/aromatic N) is 2. The number of aryl methyl sites for hydroxylation is 1. The number of nitrogens with one attached hydrogen (secondary N) is 1. The van der Waals surface area contributed by atoms with E-state index < -0.39 is 0 Å². The third-order valence-corrected chi connectivity index (χ3v) is 3.71. The molecule has 3 rings (SSSR count). The zero-order valence-corrected chi connectivity index (χ0v) is 11.8. The summed E-state index contributed by atoms with van der Waals surface area (Å²) in [6, 6.07) is 8.23. The number of rotatable bonds is 3. The van der Waals surface area contributed by atoms with E-state index in [-0.39, 0.29) is 23.8 Å². The van der Waals surface area contributed by atoms with Gasteiger partial charge in [0.2, 0.25) is 5.91 Å². The predicted octanol–water partition coefficient (Wildman–Crippen LogP) is 2.88. The number of amides is 1. The number of carbonyl (C=O) groups excluding carboxylic acids is 1. The average molecular weight is 322 g/mol. The van der Waals surface area contributed by atoms with Crippen LogP contribution in [0.2, 0.25) is 0 Å². The fraction of sp³-hybridized carbons (Fsp3) is 0.308. The minimum Gasteiger partial charge on any atom is -0.315 e. The van der Waals surface area contributed by atoms with Crippen LogP contribution in [0.15, 0.2) is 33.3 Å². The highest BCUT2D eigenvalue weighted by Crippen LogP contribution is 2.48. The lowest BCUT2D eigenvalue weighted by Crippen LogP contribution is -2.14. The van der Waals surface area contributed by atoms with E-state index in [1.165, 1.54) is 5.56 Å². The molecule has 2 atom stereocenters. The SMILES string of the molecule is Cc1noc(NC(=O)C2CC2c2ccc(Br)cc2)n1. The summed E-state index contributed by atoms with van der Waals surface area (Å²) in [7, 11) is 0. The lowest BCUT2D eigenvalue weighted by molar-refractivity contribution is -0.117. The van der Waals surface area contributed by atoms with Gasteiger partial charge in [-0.15, -0.1) is 0 Å². The van der Waals surface area contributed by atoms with Crippen molar-refractivity contribution in [2.24, 2.45) is 5.92 Å². The molecule has 19 heavy (non-hydrogen) atoms. The number of halogens is 1. The van der Waals surface area contributed by atoms with Crippen molar-refractivity contribution in [3.8, 4) is 0 Å². The van der Waals surface area contributed by atoms with E-state index in [9.17, 15) is 4.79 Å². The van der Waals surface area contributed by atoms with E-state index in [0.29, 0.717) is 5.82 Å². The van der Waals surface area contributed by atoms with Gasteiger partial charge in [0.05, 0.1) is 0 Å². The Morgan fingerprint density at radius 2 is 2.16 bits per heavy atom. The van der Waals surface area contributed by atoms with Gasteiger partial charge >= 0.3 is 6.01 Å². The molecule has 98 valence electrons. The molecular weight excluding hydrogens is 310 g/mol. The number of anilines is 1. The van der Waals surface area contributed by atoms with Gasteiger partial charge in [-0.2, -0.15) is 4.98 Å². The first-order chi connectivity index (χ1) is 9.13. The lowest BCUT2D eigenvalue weighted by atomic mass is 10.1. The van der Waals surface area contributed by atoms with Crippen LogP contribution in [0.5, 0.6) is 0 Å². The number of hydrogen-bond acceptors (Lipinski definition) is 4. The first kappa shape index (κ1) is 12.3. The molecule has 1 heterocycles. The fourth-order valence-corrected chi connectivity index (χ4v) is 2.37. The van der Waals surface area contributed by atoms with Crippen LogP contribution in [0, 0.1) is 12.8 Å². The Bertz CT molecular complexity index is 609. The molecule has 5 nitrogen and oxygen atoms in total. The van der Waals surface area contributed by atoms with E-state index in [1.54, 1.807) is 6.92 Å². The predicted molar refractivity (Wildman–Crippen MR) is 72.7 cm³/mol. The van der Waals surface area contributed by atoms with E-state index in [2.05, 4.69) is 31.4 Å². The van der Waals surface area contributed by atoms with Gasteiger partial charge in [0.25, 0.3) is 0 Å². The Labute approximate surface area is 118 Å². The van der Waals surface area contributed by atoms with Crippen molar-refractivity contribution in [2.45, 2.75) is 19.3 Å². The van der Waals surface area contributed by atoms with E-state index in [0.717, 1.165) is 10.9 Å². The Balaban J connectivity index is 1.63. The molecule has 1 N–H and O–H groups in total. The molecule has 2 aromatic rings. The quantitative estimate of drug-likeness (QED) is 0.943. The summed E-state index contributed by atoms with van der Waals surface area (Å²) in [5.41, 5.74) is 1.19. The fourth-order valence-electron chi connectivity index (χ4n) is 2.11. The molecule has 6 heteroatoms. The molecule has 0 radical (unpaired) electrons. The molecule has 1 amide bonds. The minimum absolute atomic E-state index is 0.00613. The first-order valence-corrected chi connectivity index (χ1v) is 6.79. The molecule has 1 aliphatic carbocycles. The van der Waals surface area contributed by atoms with E-state index >= 15 is 0 Å². The maximum atomic E-state index is 12.0. The monoisotopic (exact) mass is 321 g/mol.